The van der Waals surface area contributed by atoms with Crippen LogP contribution < -0.4 is 5.56 Å². The molecule has 3 unspecified atom stereocenters. The Hall–Kier alpha value is -2.30. The van der Waals surface area contributed by atoms with Crippen molar-refractivity contribution in [3.63, 3.8) is 0 Å². The van der Waals surface area contributed by atoms with E-state index in [0.717, 1.165) is 17.0 Å². The van der Waals surface area contributed by atoms with Gasteiger partial charge in [-0.2, -0.15) is 9.65 Å². The third-order valence-corrected chi connectivity index (χ3v) is 6.13. The van der Waals surface area contributed by atoms with E-state index in [2.05, 4.69) is 11.1 Å². The summed E-state index contributed by atoms with van der Waals surface area (Å²) in [4.78, 5) is 18.6. The molecule has 1 fully saturated rings. The van der Waals surface area contributed by atoms with Crippen molar-refractivity contribution < 1.29 is 9.50 Å². The molecule has 26 heavy (non-hydrogen) atoms. The van der Waals surface area contributed by atoms with E-state index in [1.807, 2.05) is 19.1 Å². The van der Waals surface area contributed by atoms with E-state index in [-0.39, 0.29) is 30.1 Å². The number of aliphatic hydroxyl groups is 1. The molecule has 1 saturated carbocycles. The zero-order valence-corrected chi connectivity index (χ0v) is 15.1. The van der Waals surface area contributed by atoms with Gasteiger partial charge in [-0.1, -0.05) is 12.2 Å². The molecule has 2 aromatic heterocycles. The van der Waals surface area contributed by atoms with Gasteiger partial charge in [0.2, 0.25) is 5.82 Å². The summed E-state index contributed by atoms with van der Waals surface area (Å²) in [6, 6.07) is 2.09. The number of rotatable bonds is 4. The minimum Gasteiger partial charge on any atom is -0.396 e. The van der Waals surface area contributed by atoms with Crippen molar-refractivity contribution in [2.45, 2.75) is 32.1 Å². The van der Waals surface area contributed by atoms with Gasteiger partial charge < -0.3 is 5.11 Å². The van der Waals surface area contributed by atoms with Crippen molar-refractivity contribution in [2.75, 3.05) is 6.61 Å². The third-order valence-electron chi connectivity index (χ3n) is 5.16. The fourth-order valence-electron chi connectivity index (χ4n) is 3.71. The highest BCUT2D eigenvalue weighted by atomic mass is 32.1. The van der Waals surface area contributed by atoms with E-state index in [9.17, 15) is 14.3 Å². The number of aryl methyl sites for hydroxylation is 1. The summed E-state index contributed by atoms with van der Waals surface area (Å²) in [5, 5.41) is 18.3. The fraction of sp³-hybridized carbons (Fsp3) is 0.421. The molecule has 134 valence electrons. The molecule has 2 aliphatic carbocycles. The van der Waals surface area contributed by atoms with E-state index in [0.29, 0.717) is 23.4 Å². The van der Waals surface area contributed by atoms with Crippen LogP contribution >= 0.6 is 11.3 Å². The Bertz CT molecular complexity index is 1040. The van der Waals surface area contributed by atoms with E-state index in [1.165, 1.54) is 15.7 Å². The predicted octanol–water partition coefficient (Wildman–Crippen LogP) is 2.87. The Kier molecular flexibility index (Phi) is 4.25. The number of aromatic nitrogens is 2. The van der Waals surface area contributed by atoms with Gasteiger partial charge in [-0.25, -0.2) is 4.98 Å². The van der Waals surface area contributed by atoms with Crippen molar-refractivity contribution >= 4 is 16.3 Å². The molecule has 0 saturated heterocycles. The van der Waals surface area contributed by atoms with E-state index in [1.54, 1.807) is 6.08 Å². The van der Waals surface area contributed by atoms with Crippen LogP contribution in [0.15, 0.2) is 28.6 Å². The zero-order chi connectivity index (χ0) is 18.4. The van der Waals surface area contributed by atoms with Crippen LogP contribution in [0.1, 0.15) is 35.0 Å². The van der Waals surface area contributed by atoms with Gasteiger partial charge in [0, 0.05) is 28.7 Å². The lowest BCUT2D eigenvalue weighted by atomic mass is 9.92. The van der Waals surface area contributed by atoms with E-state index >= 15 is 0 Å². The Morgan fingerprint density at radius 1 is 1.54 bits per heavy atom. The monoisotopic (exact) mass is 371 g/mol. The molecule has 0 spiro atoms. The molecule has 1 N–H and O–H groups in total. The molecule has 3 atom stereocenters. The summed E-state index contributed by atoms with van der Waals surface area (Å²) in [7, 11) is 0. The van der Waals surface area contributed by atoms with Crippen LogP contribution in [0.4, 0.5) is 4.39 Å². The molecule has 0 amide bonds. The van der Waals surface area contributed by atoms with Crippen molar-refractivity contribution in [3.05, 3.63) is 56.2 Å². The summed E-state index contributed by atoms with van der Waals surface area (Å²) in [5.74, 6) is -0.613. The van der Waals surface area contributed by atoms with Gasteiger partial charge in [0.15, 0.2) is 4.96 Å². The lowest BCUT2D eigenvalue weighted by Gasteiger charge is -2.14. The number of fused-ring (bicyclic) bond motifs is 1. The Morgan fingerprint density at radius 2 is 2.35 bits per heavy atom. The minimum atomic E-state index is -0.816. The summed E-state index contributed by atoms with van der Waals surface area (Å²) < 4.78 is 16.2. The molecule has 2 heterocycles. The van der Waals surface area contributed by atoms with Crippen molar-refractivity contribution in [1.82, 2.24) is 9.38 Å². The lowest BCUT2D eigenvalue weighted by molar-refractivity contribution is 0.273. The van der Waals surface area contributed by atoms with Crippen LogP contribution in [0.3, 0.4) is 0 Å². The second-order valence-electron chi connectivity index (χ2n) is 6.96. The second-order valence-corrected chi connectivity index (χ2v) is 8.14. The number of hydrogen-bond acceptors (Lipinski definition) is 5. The smallest absolute Gasteiger partial charge is 0.295 e. The van der Waals surface area contributed by atoms with Gasteiger partial charge in [0.25, 0.3) is 5.56 Å². The van der Waals surface area contributed by atoms with Crippen molar-refractivity contribution in [3.8, 4) is 6.07 Å². The number of nitrogens with zero attached hydrogens (tertiary/aromatic N) is 3. The highest BCUT2D eigenvalue weighted by molar-refractivity contribution is 7.17. The van der Waals surface area contributed by atoms with Gasteiger partial charge in [-0.3, -0.25) is 9.20 Å². The van der Waals surface area contributed by atoms with Gasteiger partial charge in [0.05, 0.1) is 11.8 Å². The molecule has 0 aromatic carbocycles. The number of nitriles is 1. The second kappa shape index (κ2) is 6.45. The Labute approximate surface area is 153 Å². The maximum atomic E-state index is 14.8. The summed E-state index contributed by atoms with van der Waals surface area (Å²) >= 11 is 1.39. The van der Waals surface area contributed by atoms with Crippen LogP contribution in [0.5, 0.6) is 0 Å². The number of halogens is 1. The molecule has 2 aliphatic rings. The van der Waals surface area contributed by atoms with E-state index < -0.39 is 11.4 Å². The zero-order valence-electron chi connectivity index (χ0n) is 14.3. The standard InChI is InChI=1S/C19H18FN3O2S/c1-10-17(14-7-13(14)9-24)23-18(25)16(20)15(22-19(23)26-10)6-11-3-2-4-12(5-11)8-21/h2,4-5,11,13-14,24H,3,6-7,9H2,1H3. The molecular formula is C19H18FN3O2S. The molecule has 0 radical (unpaired) electrons. The average molecular weight is 371 g/mol. The van der Waals surface area contributed by atoms with Crippen LogP contribution in [0.2, 0.25) is 0 Å². The summed E-state index contributed by atoms with van der Waals surface area (Å²) in [6.07, 6.45) is 7.25. The number of aliphatic hydroxyl groups excluding tert-OH is 1. The average Bonchev–Trinajstić information content (AvgIpc) is 3.34. The van der Waals surface area contributed by atoms with Gasteiger partial charge in [-0.05, 0) is 44.1 Å². The quantitative estimate of drug-likeness (QED) is 0.896. The molecule has 0 bridgehead atoms. The topological polar surface area (TPSA) is 78.4 Å². The van der Waals surface area contributed by atoms with Crippen molar-refractivity contribution in [1.29, 1.82) is 5.26 Å². The van der Waals surface area contributed by atoms with Gasteiger partial charge in [0.1, 0.15) is 0 Å². The number of hydrogen-bond donors (Lipinski definition) is 1. The first-order chi connectivity index (χ1) is 12.5. The maximum absolute atomic E-state index is 14.8. The van der Waals surface area contributed by atoms with Crippen molar-refractivity contribution in [2.24, 2.45) is 11.8 Å². The van der Waals surface area contributed by atoms with Gasteiger partial charge in [-0.15, -0.1) is 11.3 Å². The first-order valence-corrected chi connectivity index (χ1v) is 9.44. The normalized spacial score (nSPS) is 24.5. The Morgan fingerprint density at radius 3 is 3.04 bits per heavy atom. The highest BCUT2D eigenvalue weighted by Gasteiger charge is 2.41. The molecule has 0 aliphatic heterocycles. The fourth-order valence-corrected chi connectivity index (χ4v) is 4.76. The first kappa shape index (κ1) is 17.1. The third kappa shape index (κ3) is 2.79. The number of allylic oxidation sites excluding steroid dienone is 4. The van der Waals surface area contributed by atoms with Crippen LogP contribution in [0.25, 0.3) is 4.96 Å². The molecule has 5 nitrogen and oxygen atoms in total. The summed E-state index contributed by atoms with van der Waals surface area (Å²) in [6.45, 7) is 1.99. The molecule has 7 heteroatoms. The largest absolute Gasteiger partial charge is 0.396 e. The summed E-state index contributed by atoms with van der Waals surface area (Å²) in [5.41, 5.74) is 0.840. The number of thiazole rings is 1. The maximum Gasteiger partial charge on any atom is 0.295 e. The molecule has 4 rings (SSSR count). The van der Waals surface area contributed by atoms with Crippen LogP contribution in [0, 0.1) is 35.9 Å². The highest BCUT2D eigenvalue weighted by Crippen LogP contribution is 2.49. The predicted molar refractivity (Wildman–Crippen MR) is 96.6 cm³/mol. The molecule has 2 aromatic rings. The Balaban J connectivity index is 1.74. The first-order valence-electron chi connectivity index (χ1n) is 8.63. The molecular weight excluding hydrogens is 353 g/mol. The van der Waals surface area contributed by atoms with E-state index in [4.69, 9.17) is 5.26 Å². The minimum absolute atomic E-state index is 0.0405. The lowest BCUT2D eigenvalue weighted by Crippen LogP contribution is -2.23. The van der Waals surface area contributed by atoms with Gasteiger partial charge >= 0.3 is 0 Å². The van der Waals surface area contributed by atoms with Crippen LogP contribution in [-0.4, -0.2) is 21.1 Å². The SMILES string of the molecule is Cc1sc2nc(CC3C=C(C#N)C=CC3)c(F)c(=O)n2c1C1CC1CO. The van der Waals surface area contributed by atoms with Crippen LogP contribution in [-0.2, 0) is 6.42 Å².